The molecule has 1 heterocycles. The van der Waals surface area contributed by atoms with Crippen molar-refractivity contribution in [3.05, 3.63) is 50.5 Å². The molecule has 3 rings (SSSR count). The summed E-state index contributed by atoms with van der Waals surface area (Å²) in [4.78, 5) is 28.9. The minimum Gasteiger partial charge on any atom is -0.396 e. The van der Waals surface area contributed by atoms with Crippen LogP contribution in [0.4, 0.5) is 18.9 Å². The van der Waals surface area contributed by atoms with Crippen molar-refractivity contribution in [2.75, 3.05) is 17.7 Å². The minimum absolute atomic E-state index is 0.00617. The summed E-state index contributed by atoms with van der Waals surface area (Å²) in [6.07, 6.45) is -0.785. The van der Waals surface area contributed by atoms with Crippen LogP contribution in [0.5, 0.6) is 0 Å². The van der Waals surface area contributed by atoms with Gasteiger partial charge in [0.05, 0.1) is 22.0 Å². The van der Waals surface area contributed by atoms with E-state index in [0.29, 0.717) is 18.0 Å². The first-order valence-electron chi connectivity index (χ1n) is 9.73. The molecule has 1 aliphatic rings. The lowest BCUT2D eigenvalue weighted by Gasteiger charge is -2.22. The number of alkyl halides is 3. The molecular weight excluding hydrogens is 455 g/mol. The SMILES string of the molecule is O=C(CSc1nc(=O)n(CCCO)c2c1CCCC2)Nc1cc(C(F)(F)F)ccc1Cl. The summed E-state index contributed by atoms with van der Waals surface area (Å²) < 4.78 is 40.3. The number of aliphatic hydroxyl groups excluding tert-OH is 1. The van der Waals surface area contributed by atoms with E-state index in [1.165, 1.54) is 0 Å². The maximum absolute atomic E-state index is 12.9. The van der Waals surface area contributed by atoms with Gasteiger partial charge in [0.2, 0.25) is 5.91 Å². The number of carbonyl (C=O) groups is 1. The number of aliphatic hydroxyl groups is 1. The maximum Gasteiger partial charge on any atom is 0.416 e. The van der Waals surface area contributed by atoms with Gasteiger partial charge in [-0.15, -0.1) is 0 Å². The quantitative estimate of drug-likeness (QED) is 0.468. The van der Waals surface area contributed by atoms with Crippen LogP contribution in [0.15, 0.2) is 28.0 Å². The van der Waals surface area contributed by atoms with Crippen LogP contribution in [0, 0.1) is 0 Å². The second-order valence-electron chi connectivity index (χ2n) is 7.09. The number of anilines is 1. The van der Waals surface area contributed by atoms with Gasteiger partial charge in [0, 0.05) is 24.4 Å². The number of carbonyl (C=O) groups excluding carboxylic acids is 1. The van der Waals surface area contributed by atoms with Crippen molar-refractivity contribution in [2.24, 2.45) is 0 Å². The lowest BCUT2D eigenvalue weighted by atomic mass is 9.97. The van der Waals surface area contributed by atoms with E-state index in [1.807, 2.05) is 0 Å². The Bertz CT molecular complexity index is 1030. The fourth-order valence-corrected chi connectivity index (χ4v) is 4.49. The van der Waals surface area contributed by atoms with Crippen molar-refractivity contribution in [3.8, 4) is 0 Å². The first-order chi connectivity index (χ1) is 14.7. The van der Waals surface area contributed by atoms with Crippen LogP contribution in [-0.4, -0.2) is 32.9 Å². The summed E-state index contributed by atoms with van der Waals surface area (Å²) in [5.41, 5.74) is 0.318. The number of nitrogens with one attached hydrogen (secondary N) is 1. The number of hydrogen-bond acceptors (Lipinski definition) is 5. The summed E-state index contributed by atoms with van der Waals surface area (Å²) in [5, 5.41) is 11.9. The molecule has 1 amide bonds. The summed E-state index contributed by atoms with van der Waals surface area (Å²) in [7, 11) is 0. The van der Waals surface area contributed by atoms with E-state index in [4.69, 9.17) is 16.7 Å². The Balaban J connectivity index is 1.75. The van der Waals surface area contributed by atoms with Crippen molar-refractivity contribution in [1.82, 2.24) is 9.55 Å². The normalized spacial score (nSPS) is 13.7. The van der Waals surface area contributed by atoms with Crippen LogP contribution in [0.3, 0.4) is 0 Å². The predicted molar refractivity (Wildman–Crippen MR) is 113 cm³/mol. The summed E-state index contributed by atoms with van der Waals surface area (Å²) in [6.45, 7) is 0.347. The predicted octanol–water partition coefficient (Wildman–Crippen LogP) is 3.91. The molecule has 0 saturated heterocycles. The molecule has 1 aromatic heterocycles. The van der Waals surface area contributed by atoms with Crippen LogP contribution >= 0.6 is 23.4 Å². The van der Waals surface area contributed by atoms with Gasteiger partial charge in [-0.05, 0) is 50.3 Å². The molecule has 0 unspecified atom stereocenters. The van der Waals surface area contributed by atoms with E-state index < -0.39 is 23.3 Å². The van der Waals surface area contributed by atoms with Crippen LogP contribution in [0.2, 0.25) is 5.02 Å². The second-order valence-corrected chi connectivity index (χ2v) is 8.46. The van der Waals surface area contributed by atoms with E-state index in [2.05, 4.69) is 10.3 Å². The van der Waals surface area contributed by atoms with Gasteiger partial charge in [0.1, 0.15) is 5.03 Å². The minimum atomic E-state index is -4.55. The molecule has 0 bridgehead atoms. The number of nitrogens with zero attached hydrogens (tertiary/aromatic N) is 2. The lowest BCUT2D eigenvalue weighted by Crippen LogP contribution is -2.30. The Hall–Kier alpha value is -2.04. The van der Waals surface area contributed by atoms with Gasteiger partial charge in [-0.3, -0.25) is 9.36 Å². The summed E-state index contributed by atoms with van der Waals surface area (Å²) in [5.74, 6) is -0.686. The Labute approximate surface area is 185 Å². The van der Waals surface area contributed by atoms with Crippen LogP contribution < -0.4 is 11.0 Å². The molecule has 1 aliphatic carbocycles. The maximum atomic E-state index is 12.9. The largest absolute Gasteiger partial charge is 0.416 e. The number of fused-ring (bicyclic) bond motifs is 1. The van der Waals surface area contributed by atoms with Crippen molar-refractivity contribution in [3.63, 3.8) is 0 Å². The zero-order valence-electron chi connectivity index (χ0n) is 16.5. The molecule has 2 N–H and O–H groups in total. The monoisotopic (exact) mass is 475 g/mol. The average Bonchev–Trinajstić information content (AvgIpc) is 2.72. The third-order valence-corrected chi connectivity index (χ3v) is 6.25. The fraction of sp³-hybridized carbons (Fsp3) is 0.450. The van der Waals surface area contributed by atoms with Gasteiger partial charge < -0.3 is 10.4 Å². The molecule has 1 aromatic carbocycles. The zero-order valence-corrected chi connectivity index (χ0v) is 18.0. The molecule has 0 aliphatic heterocycles. The van der Waals surface area contributed by atoms with Crippen molar-refractivity contribution in [1.29, 1.82) is 0 Å². The number of rotatable bonds is 7. The lowest BCUT2D eigenvalue weighted by molar-refractivity contribution is -0.137. The standard InChI is InChI=1S/C20H21ClF3N3O3S/c21-14-7-6-12(20(22,23)24)10-15(14)25-17(29)11-31-18-13-4-1-2-5-16(13)27(8-3-9-28)19(30)26-18/h6-7,10,28H,1-5,8-9,11H2,(H,25,29). The third kappa shape index (κ3) is 5.81. The molecule has 0 atom stereocenters. The Morgan fingerprint density at radius 3 is 2.74 bits per heavy atom. The highest BCUT2D eigenvalue weighted by molar-refractivity contribution is 8.00. The number of halogens is 4. The van der Waals surface area contributed by atoms with Crippen molar-refractivity contribution < 1.29 is 23.1 Å². The molecule has 2 aromatic rings. The Morgan fingerprint density at radius 2 is 2.03 bits per heavy atom. The highest BCUT2D eigenvalue weighted by Crippen LogP contribution is 2.34. The van der Waals surface area contributed by atoms with E-state index in [0.717, 1.165) is 66.9 Å². The summed E-state index contributed by atoms with van der Waals surface area (Å²) >= 11 is 6.99. The first-order valence-corrected chi connectivity index (χ1v) is 11.1. The number of hydrogen-bond donors (Lipinski definition) is 2. The van der Waals surface area contributed by atoms with Gasteiger partial charge >= 0.3 is 11.9 Å². The number of thioether (sulfide) groups is 1. The van der Waals surface area contributed by atoms with Crippen molar-refractivity contribution in [2.45, 2.75) is 49.9 Å². The van der Waals surface area contributed by atoms with Gasteiger partial charge in [0.25, 0.3) is 0 Å². The highest BCUT2D eigenvalue weighted by Gasteiger charge is 2.31. The van der Waals surface area contributed by atoms with Crippen molar-refractivity contribution >= 4 is 35.0 Å². The average molecular weight is 476 g/mol. The second kappa shape index (κ2) is 10.1. The van der Waals surface area contributed by atoms with E-state index in [1.54, 1.807) is 4.57 Å². The first kappa shape index (κ1) is 23.6. The molecule has 168 valence electrons. The molecule has 6 nitrogen and oxygen atoms in total. The molecular formula is C20H21ClF3N3O3S. The van der Waals surface area contributed by atoms with Crippen LogP contribution in [0.1, 0.15) is 36.1 Å². The van der Waals surface area contributed by atoms with Gasteiger partial charge in [-0.1, -0.05) is 23.4 Å². The highest BCUT2D eigenvalue weighted by atomic mass is 35.5. The molecule has 0 radical (unpaired) electrons. The van der Waals surface area contributed by atoms with E-state index >= 15 is 0 Å². The number of aromatic nitrogens is 2. The molecule has 0 saturated carbocycles. The number of amides is 1. The van der Waals surface area contributed by atoms with E-state index in [-0.39, 0.29) is 23.1 Å². The van der Waals surface area contributed by atoms with Gasteiger partial charge in [-0.25, -0.2) is 4.79 Å². The van der Waals surface area contributed by atoms with Crippen LogP contribution in [0.25, 0.3) is 0 Å². The zero-order chi connectivity index (χ0) is 22.6. The molecule has 0 spiro atoms. The smallest absolute Gasteiger partial charge is 0.396 e. The number of benzene rings is 1. The van der Waals surface area contributed by atoms with Crippen LogP contribution in [-0.2, 0) is 30.4 Å². The van der Waals surface area contributed by atoms with Gasteiger partial charge in [-0.2, -0.15) is 18.2 Å². The van der Waals surface area contributed by atoms with Gasteiger partial charge in [0.15, 0.2) is 0 Å². The Morgan fingerprint density at radius 1 is 1.29 bits per heavy atom. The third-order valence-electron chi connectivity index (χ3n) is 4.90. The van der Waals surface area contributed by atoms with E-state index in [9.17, 15) is 22.8 Å². The topological polar surface area (TPSA) is 84.2 Å². The molecule has 0 fully saturated rings. The molecule has 31 heavy (non-hydrogen) atoms. The Kier molecular flexibility index (Phi) is 7.66. The molecule has 11 heteroatoms. The fourth-order valence-electron chi connectivity index (χ4n) is 3.44. The summed E-state index contributed by atoms with van der Waals surface area (Å²) in [6, 6.07) is 2.71.